The molecule has 0 aliphatic rings. The predicted octanol–water partition coefficient (Wildman–Crippen LogP) is 3.34. The lowest BCUT2D eigenvalue weighted by Crippen LogP contribution is -2.24. The van der Waals surface area contributed by atoms with E-state index in [0.717, 1.165) is 34.4 Å². The summed E-state index contributed by atoms with van der Waals surface area (Å²) in [6.45, 7) is 4.48. The summed E-state index contributed by atoms with van der Waals surface area (Å²) in [7, 11) is 0. The van der Waals surface area contributed by atoms with Crippen molar-refractivity contribution in [2.75, 3.05) is 0 Å². The van der Waals surface area contributed by atoms with Gasteiger partial charge in [0.05, 0.1) is 18.4 Å². The molecule has 0 spiro atoms. The summed E-state index contributed by atoms with van der Waals surface area (Å²) >= 11 is 0. The summed E-state index contributed by atoms with van der Waals surface area (Å²) in [6.07, 6.45) is 4.53. The number of H-pyrrole nitrogens is 1. The molecule has 0 saturated carbocycles. The molecule has 6 heteroatoms. The van der Waals surface area contributed by atoms with Crippen LogP contribution < -0.4 is 5.69 Å². The second-order valence-corrected chi connectivity index (χ2v) is 6.50. The molecule has 2 aromatic heterocycles. The van der Waals surface area contributed by atoms with Gasteiger partial charge in [-0.2, -0.15) is 14.9 Å². The molecule has 0 fully saturated rings. The minimum Gasteiger partial charge on any atom is -0.285 e. The number of hydrogen-bond acceptors (Lipinski definition) is 3. The Kier molecular flexibility index (Phi) is 4.46. The number of aryl methyl sites for hydroxylation is 2. The molecule has 0 unspecified atom stereocenters. The number of aromatic nitrogens is 5. The van der Waals surface area contributed by atoms with Gasteiger partial charge in [0.1, 0.15) is 5.82 Å². The molecule has 136 valence electrons. The van der Waals surface area contributed by atoms with Gasteiger partial charge in [-0.1, -0.05) is 43.3 Å². The fourth-order valence-electron chi connectivity index (χ4n) is 3.29. The Labute approximate surface area is 157 Å². The van der Waals surface area contributed by atoms with Gasteiger partial charge in [-0.25, -0.2) is 4.79 Å². The molecule has 2 aromatic carbocycles. The SMILES string of the molecule is CCc1cc(-n2nc(C)n(Cc3ccccc3)c2=O)ccc1-c1cn[nH]c1. The Morgan fingerprint density at radius 2 is 1.93 bits per heavy atom. The van der Waals surface area contributed by atoms with E-state index >= 15 is 0 Å². The van der Waals surface area contributed by atoms with Gasteiger partial charge in [-0.3, -0.25) is 9.67 Å². The van der Waals surface area contributed by atoms with Crippen LogP contribution in [0, 0.1) is 6.92 Å². The quantitative estimate of drug-likeness (QED) is 0.594. The van der Waals surface area contributed by atoms with Crippen molar-refractivity contribution in [2.45, 2.75) is 26.8 Å². The number of hydrogen-bond donors (Lipinski definition) is 1. The largest absolute Gasteiger partial charge is 0.351 e. The summed E-state index contributed by atoms with van der Waals surface area (Å²) in [5, 5.41) is 11.4. The van der Waals surface area contributed by atoms with E-state index in [0.29, 0.717) is 12.4 Å². The third kappa shape index (κ3) is 3.21. The van der Waals surface area contributed by atoms with Crippen molar-refractivity contribution in [3.8, 4) is 16.8 Å². The molecule has 6 nitrogen and oxygen atoms in total. The standard InChI is InChI=1S/C21H21N5O/c1-3-17-11-19(9-10-20(17)18-12-22-23-13-18)26-21(27)25(15(2)24-26)14-16-7-5-4-6-8-16/h4-13H,3,14H2,1-2H3,(H,22,23). The second-order valence-electron chi connectivity index (χ2n) is 6.50. The average Bonchev–Trinajstić information content (AvgIpc) is 3.32. The van der Waals surface area contributed by atoms with Crippen LogP contribution in [-0.2, 0) is 13.0 Å². The van der Waals surface area contributed by atoms with Gasteiger partial charge in [-0.05, 0) is 42.2 Å². The van der Waals surface area contributed by atoms with Crippen molar-refractivity contribution in [3.63, 3.8) is 0 Å². The average molecular weight is 359 g/mol. The lowest BCUT2D eigenvalue weighted by Gasteiger charge is -2.08. The van der Waals surface area contributed by atoms with Crippen molar-refractivity contribution in [1.29, 1.82) is 0 Å². The van der Waals surface area contributed by atoms with Crippen molar-refractivity contribution < 1.29 is 0 Å². The Balaban J connectivity index is 1.74. The zero-order chi connectivity index (χ0) is 18.8. The molecule has 0 aliphatic heterocycles. The highest BCUT2D eigenvalue weighted by molar-refractivity contribution is 5.67. The molecular weight excluding hydrogens is 338 g/mol. The Morgan fingerprint density at radius 1 is 1.11 bits per heavy atom. The molecule has 4 rings (SSSR count). The van der Waals surface area contributed by atoms with Crippen LogP contribution in [-0.4, -0.2) is 24.5 Å². The summed E-state index contributed by atoms with van der Waals surface area (Å²) in [4.78, 5) is 13.0. The van der Waals surface area contributed by atoms with Crippen LogP contribution in [0.2, 0.25) is 0 Å². The van der Waals surface area contributed by atoms with Gasteiger partial charge < -0.3 is 0 Å². The fourth-order valence-corrected chi connectivity index (χ4v) is 3.29. The highest BCUT2D eigenvalue weighted by Gasteiger charge is 2.14. The first kappa shape index (κ1) is 17.0. The third-order valence-electron chi connectivity index (χ3n) is 4.75. The maximum Gasteiger partial charge on any atom is 0.351 e. The Hall–Kier alpha value is -3.41. The van der Waals surface area contributed by atoms with Gasteiger partial charge in [0, 0.05) is 11.8 Å². The topological polar surface area (TPSA) is 68.5 Å². The first-order valence-electron chi connectivity index (χ1n) is 9.00. The summed E-state index contributed by atoms with van der Waals surface area (Å²) < 4.78 is 3.18. The zero-order valence-corrected chi connectivity index (χ0v) is 15.4. The number of nitrogens with one attached hydrogen (secondary N) is 1. The van der Waals surface area contributed by atoms with Gasteiger partial charge in [0.2, 0.25) is 0 Å². The molecule has 0 bridgehead atoms. The monoisotopic (exact) mass is 359 g/mol. The summed E-state index contributed by atoms with van der Waals surface area (Å²) in [5.74, 6) is 0.695. The first-order chi connectivity index (χ1) is 13.2. The van der Waals surface area contributed by atoms with Crippen molar-refractivity contribution >= 4 is 0 Å². The maximum atomic E-state index is 13.0. The van der Waals surface area contributed by atoms with E-state index < -0.39 is 0 Å². The minimum absolute atomic E-state index is 0.130. The molecule has 0 saturated heterocycles. The Bertz CT molecular complexity index is 1110. The molecular formula is C21H21N5O. The fraction of sp³-hybridized carbons (Fsp3) is 0.190. The molecule has 0 amide bonds. The van der Waals surface area contributed by atoms with Gasteiger partial charge in [0.25, 0.3) is 0 Å². The van der Waals surface area contributed by atoms with E-state index in [1.807, 2.05) is 61.7 Å². The van der Waals surface area contributed by atoms with Crippen LogP contribution >= 0.6 is 0 Å². The van der Waals surface area contributed by atoms with E-state index in [-0.39, 0.29) is 5.69 Å². The van der Waals surface area contributed by atoms with Crippen molar-refractivity contribution in [2.24, 2.45) is 0 Å². The molecule has 2 heterocycles. The van der Waals surface area contributed by atoms with Crippen LogP contribution in [0.1, 0.15) is 23.9 Å². The van der Waals surface area contributed by atoms with Crippen molar-refractivity contribution in [1.82, 2.24) is 24.5 Å². The lowest BCUT2D eigenvalue weighted by molar-refractivity contribution is 0.723. The van der Waals surface area contributed by atoms with E-state index in [1.165, 1.54) is 4.68 Å². The summed E-state index contributed by atoms with van der Waals surface area (Å²) in [6, 6.07) is 15.9. The highest BCUT2D eigenvalue weighted by Crippen LogP contribution is 2.25. The second kappa shape index (κ2) is 7.07. The van der Waals surface area contributed by atoms with Gasteiger partial charge in [-0.15, -0.1) is 0 Å². The first-order valence-corrected chi connectivity index (χ1v) is 9.00. The van der Waals surface area contributed by atoms with Crippen molar-refractivity contribution in [3.05, 3.63) is 88.4 Å². The van der Waals surface area contributed by atoms with Crippen LogP contribution in [0.3, 0.4) is 0 Å². The van der Waals surface area contributed by atoms with E-state index in [4.69, 9.17) is 0 Å². The highest BCUT2D eigenvalue weighted by atomic mass is 16.2. The zero-order valence-electron chi connectivity index (χ0n) is 15.4. The normalized spacial score (nSPS) is 11.0. The predicted molar refractivity (Wildman–Crippen MR) is 105 cm³/mol. The molecule has 0 aliphatic carbocycles. The minimum atomic E-state index is -0.130. The van der Waals surface area contributed by atoms with E-state index in [1.54, 1.807) is 10.8 Å². The number of rotatable bonds is 5. The number of nitrogens with zero attached hydrogens (tertiary/aromatic N) is 4. The van der Waals surface area contributed by atoms with Crippen LogP contribution in [0.15, 0.2) is 65.7 Å². The van der Waals surface area contributed by atoms with E-state index in [2.05, 4.69) is 22.2 Å². The molecule has 1 N–H and O–H groups in total. The van der Waals surface area contributed by atoms with Gasteiger partial charge >= 0.3 is 5.69 Å². The Morgan fingerprint density at radius 3 is 2.63 bits per heavy atom. The lowest BCUT2D eigenvalue weighted by atomic mass is 10.00. The molecule has 0 atom stereocenters. The summed E-state index contributed by atoms with van der Waals surface area (Å²) in [5.41, 5.74) is 5.02. The number of benzene rings is 2. The molecule has 27 heavy (non-hydrogen) atoms. The smallest absolute Gasteiger partial charge is 0.285 e. The number of aromatic amines is 1. The van der Waals surface area contributed by atoms with Crippen LogP contribution in [0.25, 0.3) is 16.8 Å². The molecule has 0 radical (unpaired) electrons. The maximum absolute atomic E-state index is 13.0. The molecule has 4 aromatic rings. The van der Waals surface area contributed by atoms with Crippen LogP contribution in [0.4, 0.5) is 0 Å². The third-order valence-corrected chi connectivity index (χ3v) is 4.75. The van der Waals surface area contributed by atoms with Gasteiger partial charge in [0.15, 0.2) is 0 Å². The van der Waals surface area contributed by atoms with Crippen LogP contribution in [0.5, 0.6) is 0 Å². The van der Waals surface area contributed by atoms with E-state index in [9.17, 15) is 4.79 Å².